The van der Waals surface area contributed by atoms with Gasteiger partial charge < -0.3 is 14.2 Å². The maximum atomic E-state index is 12.9. The summed E-state index contributed by atoms with van der Waals surface area (Å²) >= 11 is 0. The number of carbonyl (C=O) groups excluding carboxylic acids is 3. The molecule has 0 amide bonds. The number of ether oxygens (including phenoxy) is 3. The number of hydrogen-bond acceptors (Lipinski definition) is 6. The van der Waals surface area contributed by atoms with Crippen LogP contribution in [0.15, 0.2) is 36.5 Å². The molecule has 0 saturated carbocycles. The van der Waals surface area contributed by atoms with E-state index in [4.69, 9.17) is 14.2 Å². The van der Waals surface area contributed by atoms with Gasteiger partial charge in [0.1, 0.15) is 13.2 Å². The van der Waals surface area contributed by atoms with Crippen molar-refractivity contribution >= 4 is 17.9 Å². The molecule has 0 aromatic heterocycles. The number of unbranched alkanes of at least 4 members (excludes halogenated alkanes) is 49. The minimum Gasteiger partial charge on any atom is -0.462 e. The van der Waals surface area contributed by atoms with Gasteiger partial charge in [-0.25, -0.2) is 0 Å². The van der Waals surface area contributed by atoms with Gasteiger partial charge >= 0.3 is 17.9 Å². The molecule has 6 heteroatoms. The van der Waals surface area contributed by atoms with Crippen molar-refractivity contribution in [1.82, 2.24) is 0 Å². The van der Waals surface area contributed by atoms with Crippen LogP contribution in [0.1, 0.15) is 393 Å². The van der Waals surface area contributed by atoms with Gasteiger partial charge in [-0.05, 0) is 77.0 Å². The molecule has 464 valence electrons. The van der Waals surface area contributed by atoms with E-state index in [0.29, 0.717) is 19.3 Å². The molecule has 0 aromatic rings. The molecule has 0 bridgehead atoms. The third-order valence-electron chi connectivity index (χ3n) is 16.1. The lowest BCUT2D eigenvalue weighted by Crippen LogP contribution is -2.30. The standard InChI is InChI=1S/C73H136O6/c1-4-7-10-13-16-19-22-25-27-29-30-31-32-33-34-35-36-37-38-39-40-41-42-44-45-48-51-54-57-60-63-66-72(75)78-69-70(68-77-71(74)65-62-59-56-53-50-47-24-21-18-15-12-9-6-3)79-73(76)67-64-61-58-55-52-49-46-43-28-26-23-20-17-14-11-8-5-2/h17,20-21,24,26,28,70H,4-16,18-19,22-23,25,27,29-69H2,1-3H3/b20-17-,24-21-,28-26-. The summed E-state index contributed by atoms with van der Waals surface area (Å²) in [4.78, 5) is 38.3. The van der Waals surface area contributed by atoms with Crippen molar-refractivity contribution in [2.75, 3.05) is 13.2 Å². The molecule has 79 heavy (non-hydrogen) atoms. The molecule has 0 spiro atoms. The Kier molecular flexibility index (Phi) is 66.1. The van der Waals surface area contributed by atoms with E-state index in [1.165, 1.54) is 276 Å². The van der Waals surface area contributed by atoms with E-state index in [0.717, 1.165) is 77.0 Å². The van der Waals surface area contributed by atoms with Crippen LogP contribution in [0.4, 0.5) is 0 Å². The first kappa shape index (κ1) is 76.6. The zero-order valence-corrected chi connectivity index (χ0v) is 53.4. The molecule has 0 aliphatic heterocycles. The number of esters is 3. The lowest BCUT2D eigenvalue weighted by Gasteiger charge is -2.18. The zero-order valence-electron chi connectivity index (χ0n) is 53.4. The molecular formula is C73H136O6. The van der Waals surface area contributed by atoms with Gasteiger partial charge in [-0.3, -0.25) is 14.4 Å². The van der Waals surface area contributed by atoms with Crippen molar-refractivity contribution in [2.45, 2.75) is 399 Å². The van der Waals surface area contributed by atoms with Gasteiger partial charge in [0.15, 0.2) is 6.10 Å². The molecule has 0 rings (SSSR count). The summed E-state index contributed by atoms with van der Waals surface area (Å²) in [6, 6.07) is 0. The molecule has 0 saturated heterocycles. The Morgan fingerprint density at radius 3 is 0.747 bits per heavy atom. The van der Waals surface area contributed by atoms with Crippen LogP contribution < -0.4 is 0 Å². The van der Waals surface area contributed by atoms with Crippen LogP contribution in [0.25, 0.3) is 0 Å². The second-order valence-corrected chi connectivity index (χ2v) is 24.1. The Balaban J connectivity index is 4.13. The first-order valence-corrected chi connectivity index (χ1v) is 35.5. The molecule has 0 radical (unpaired) electrons. The summed E-state index contributed by atoms with van der Waals surface area (Å²) in [6.45, 7) is 6.65. The normalized spacial score (nSPS) is 12.2. The van der Waals surface area contributed by atoms with Gasteiger partial charge in [0, 0.05) is 19.3 Å². The highest BCUT2D eigenvalue weighted by molar-refractivity contribution is 5.71. The van der Waals surface area contributed by atoms with E-state index in [9.17, 15) is 14.4 Å². The van der Waals surface area contributed by atoms with Gasteiger partial charge in [0.05, 0.1) is 0 Å². The average molecular weight is 1110 g/mol. The smallest absolute Gasteiger partial charge is 0.306 e. The Morgan fingerprint density at radius 2 is 0.456 bits per heavy atom. The molecule has 6 nitrogen and oxygen atoms in total. The van der Waals surface area contributed by atoms with Crippen LogP contribution in [-0.4, -0.2) is 37.2 Å². The molecule has 1 unspecified atom stereocenters. The van der Waals surface area contributed by atoms with Crippen LogP contribution in [0, 0.1) is 0 Å². The second-order valence-electron chi connectivity index (χ2n) is 24.1. The molecule has 0 aliphatic rings. The zero-order chi connectivity index (χ0) is 57.1. The number of carbonyl (C=O) groups is 3. The third kappa shape index (κ3) is 66.3. The monoisotopic (exact) mass is 1110 g/mol. The quantitative estimate of drug-likeness (QED) is 0.0261. The second kappa shape index (κ2) is 68.1. The van der Waals surface area contributed by atoms with Gasteiger partial charge in [-0.2, -0.15) is 0 Å². The van der Waals surface area contributed by atoms with Crippen LogP contribution in [0.5, 0.6) is 0 Å². The first-order valence-electron chi connectivity index (χ1n) is 35.5. The summed E-state index contributed by atoms with van der Waals surface area (Å²) in [5.41, 5.74) is 0. The molecule has 0 aliphatic carbocycles. The average Bonchev–Trinajstić information content (AvgIpc) is 3.45. The van der Waals surface area contributed by atoms with Crippen LogP contribution in [0.2, 0.25) is 0 Å². The highest BCUT2D eigenvalue weighted by atomic mass is 16.6. The fraction of sp³-hybridized carbons (Fsp3) is 0.877. The lowest BCUT2D eigenvalue weighted by atomic mass is 10.0. The highest BCUT2D eigenvalue weighted by Crippen LogP contribution is 2.19. The van der Waals surface area contributed by atoms with Crippen molar-refractivity contribution < 1.29 is 28.6 Å². The molecule has 0 heterocycles. The van der Waals surface area contributed by atoms with E-state index in [1.54, 1.807) is 0 Å². The van der Waals surface area contributed by atoms with Crippen LogP contribution in [0.3, 0.4) is 0 Å². The van der Waals surface area contributed by atoms with Gasteiger partial charge in [0.25, 0.3) is 0 Å². The van der Waals surface area contributed by atoms with Crippen LogP contribution >= 0.6 is 0 Å². The Labute approximate surface area is 493 Å². The van der Waals surface area contributed by atoms with Crippen molar-refractivity contribution in [3.05, 3.63) is 36.5 Å². The number of allylic oxidation sites excluding steroid dienone is 6. The predicted octanol–water partition coefficient (Wildman–Crippen LogP) is 24.3. The third-order valence-corrected chi connectivity index (χ3v) is 16.1. The summed E-state index contributed by atoms with van der Waals surface area (Å²) < 4.78 is 17.0. The van der Waals surface area contributed by atoms with E-state index >= 15 is 0 Å². The Morgan fingerprint density at radius 1 is 0.253 bits per heavy atom. The van der Waals surface area contributed by atoms with Gasteiger partial charge in [-0.15, -0.1) is 0 Å². The fourth-order valence-electron chi connectivity index (χ4n) is 10.8. The molecule has 0 N–H and O–H groups in total. The minimum atomic E-state index is -0.778. The molecule has 1 atom stereocenters. The summed E-state index contributed by atoms with van der Waals surface area (Å²) in [7, 11) is 0. The summed E-state index contributed by atoms with van der Waals surface area (Å²) in [6.07, 6.45) is 84.7. The van der Waals surface area contributed by atoms with E-state index < -0.39 is 6.10 Å². The Bertz CT molecular complexity index is 1320. The first-order chi connectivity index (χ1) is 39.0. The van der Waals surface area contributed by atoms with Crippen LogP contribution in [-0.2, 0) is 28.6 Å². The SMILES string of the molecule is CCCCC/C=C\C/C=C\CCCCCCCCCC(=O)OC(COC(=O)CCCCCCC/C=C\CCCCCC)COC(=O)CCCCCCCCCCCCCCCCCCCCCCCCCCCCCCCCC. The summed E-state index contributed by atoms with van der Waals surface area (Å²) in [5, 5.41) is 0. The Hall–Kier alpha value is -2.37. The molecule has 0 fully saturated rings. The van der Waals surface area contributed by atoms with E-state index in [2.05, 4.69) is 57.2 Å². The molecular weight excluding hydrogens is 973 g/mol. The fourth-order valence-corrected chi connectivity index (χ4v) is 10.8. The van der Waals surface area contributed by atoms with Crippen molar-refractivity contribution in [3.8, 4) is 0 Å². The maximum absolute atomic E-state index is 12.9. The van der Waals surface area contributed by atoms with E-state index in [-0.39, 0.29) is 31.1 Å². The van der Waals surface area contributed by atoms with Crippen molar-refractivity contribution in [1.29, 1.82) is 0 Å². The number of hydrogen-bond donors (Lipinski definition) is 0. The van der Waals surface area contributed by atoms with Crippen molar-refractivity contribution in [2.24, 2.45) is 0 Å². The van der Waals surface area contributed by atoms with Crippen molar-refractivity contribution in [3.63, 3.8) is 0 Å². The highest BCUT2D eigenvalue weighted by Gasteiger charge is 2.19. The van der Waals surface area contributed by atoms with Gasteiger partial charge in [0.2, 0.25) is 0 Å². The molecule has 0 aromatic carbocycles. The van der Waals surface area contributed by atoms with E-state index in [1.807, 2.05) is 0 Å². The topological polar surface area (TPSA) is 78.9 Å². The minimum absolute atomic E-state index is 0.0738. The van der Waals surface area contributed by atoms with Gasteiger partial charge in [-0.1, -0.05) is 333 Å². The summed E-state index contributed by atoms with van der Waals surface area (Å²) in [5.74, 6) is -0.866. The number of rotatable bonds is 66. The lowest BCUT2D eigenvalue weighted by molar-refractivity contribution is -0.167. The largest absolute Gasteiger partial charge is 0.462 e. The maximum Gasteiger partial charge on any atom is 0.306 e. The predicted molar refractivity (Wildman–Crippen MR) is 344 cm³/mol.